The summed E-state index contributed by atoms with van der Waals surface area (Å²) >= 11 is 1.21. The van der Waals surface area contributed by atoms with Crippen LogP contribution in [-0.2, 0) is 19.1 Å². The Morgan fingerprint density at radius 1 is 1.31 bits per heavy atom. The van der Waals surface area contributed by atoms with Crippen molar-refractivity contribution in [3.05, 3.63) is 24.3 Å². The minimum absolute atomic E-state index is 0.0904. The number of ether oxygens (including phenoxy) is 2. The van der Waals surface area contributed by atoms with Gasteiger partial charge in [0.25, 0.3) is 0 Å². The molecule has 0 unspecified atom stereocenters. The topological polar surface area (TPSA) is 98.9 Å². The number of anilines is 1. The number of thioether (sulfide) groups is 1. The Hall–Kier alpha value is -2.06. The molecule has 0 radical (unpaired) electrons. The van der Waals surface area contributed by atoms with Gasteiger partial charge in [0.15, 0.2) is 0 Å². The zero-order valence-corrected chi connectivity index (χ0v) is 15.8. The fourth-order valence-electron chi connectivity index (χ4n) is 2.45. The van der Waals surface area contributed by atoms with Gasteiger partial charge in [-0.25, -0.2) is 4.90 Å². The maximum Gasteiger partial charge on any atom is 0.323 e. The van der Waals surface area contributed by atoms with Gasteiger partial charge in [0, 0.05) is 12.2 Å². The van der Waals surface area contributed by atoms with Crippen LogP contribution in [0.5, 0.6) is 5.75 Å². The molecule has 2 N–H and O–H groups in total. The number of benzene rings is 1. The second kappa shape index (κ2) is 9.59. The fraction of sp³-hybridized carbons (Fsp3) is 0.500. The van der Waals surface area contributed by atoms with E-state index in [1.807, 2.05) is 6.92 Å². The Labute approximate surface area is 157 Å². The molecule has 2 rings (SSSR count). The lowest BCUT2D eigenvalue weighted by Gasteiger charge is -2.16. The van der Waals surface area contributed by atoms with Crippen LogP contribution in [-0.4, -0.2) is 48.0 Å². The first-order valence-electron chi connectivity index (χ1n) is 8.61. The number of nitrogens with zero attached hydrogens (tertiary/aromatic N) is 1. The molecule has 0 saturated carbocycles. The van der Waals surface area contributed by atoms with Crippen LogP contribution in [0.15, 0.2) is 24.3 Å². The van der Waals surface area contributed by atoms with Crippen molar-refractivity contribution in [1.82, 2.24) is 0 Å². The van der Waals surface area contributed by atoms with Gasteiger partial charge in [-0.05, 0) is 37.6 Å². The van der Waals surface area contributed by atoms with Crippen LogP contribution in [0.4, 0.5) is 5.69 Å². The molecule has 0 spiro atoms. The largest absolute Gasteiger partial charge is 0.494 e. The number of rotatable bonds is 9. The predicted octanol–water partition coefficient (Wildman–Crippen LogP) is 1.73. The second-order valence-corrected chi connectivity index (χ2v) is 7.03. The zero-order chi connectivity index (χ0) is 19.1. The molecule has 0 aliphatic carbocycles. The highest BCUT2D eigenvalue weighted by Crippen LogP contribution is 2.30. The number of carbonyl (C=O) groups excluding carboxylic acids is 3. The predicted molar refractivity (Wildman–Crippen MR) is 100 cm³/mol. The zero-order valence-electron chi connectivity index (χ0n) is 15.0. The standard InChI is InChI=1S/C18H24N2O5S/c1-3-9-25-13-7-5-12(6-8-13)20-16(21)10-15(17(20)22)26-11-14(19)18(23)24-4-2/h5-8,14-15H,3-4,9-11,19H2,1-2H3/t14-,15-/m0/s1. The van der Waals surface area contributed by atoms with Crippen molar-refractivity contribution < 1.29 is 23.9 Å². The van der Waals surface area contributed by atoms with E-state index >= 15 is 0 Å². The van der Waals surface area contributed by atoms with Gasteiger partial charge >= 0.3 is 5.97 Å². The highest BCUT2D eigenvalue weighted by Gasteiger charge is 2.40. The Balaban J connectivity index is 1.96. The normalized spacial score (nSPS) is 18.1. The van der Waals surface area contributed by atoms with Gasteiger partial charge in [-0.3, -0.25) is 14.4 Å². The van der Waals surface area contributed by atoms with Crippen LogP contribution in [0.25, 0.3) is 0 Å². The summed E-state index contributed by atoms with van der Waals surface area (Å²) in [6.45, 7) is 4.58. The van der Waals surface area contributed by atoms with E-state index in [9.17, 15) is 14.4 Å². The first-order chi connectivity index (χ1) is 12.5. The number of carbonyl (C=O) groups is 3. The molecule has 0 aromatic heterocycles. The first-order valence-corrected chi connectivity index (χ1v) is 9.66. The molecule has 0 bridgehead atoms. The van der Waals surface area contributed by atoms with Crippen LogP contribution in [0, 0.1) is 0 Å². The molecule has 1 fully saturated rings. The number of hydrogen-bond acceptors (Lipinski definition) is 7. The Morgan fingerprint density at radius 3 is 2.62 bits per heavy atom. The Kier molecular flexibility index (Phi) is 7.47. The van der Waals surface area contributed by atoms with E-state index < -0.39 is 17.3 Å². The molecule has 1 aromatic rings. The second-order valence-electron chi connectivity index (χ2n) is 5.79. The summed E-state index contributed by atoms with van der Waals surface area (Å²) in [4.78, 5) is 37.6. The van der Waals surface area contributed by atoms with Gasteiger partial charge in [0.05, 0.1) is 24.2 Å². The Morgan fingerprint density at radius 2 is 2.00 bits per heavy atom. The van der Waals surface area contributed by atoms with Crippen molar-refractivity contribution in [2.45, 2.75) is 38.0 Å². The maximum atomic E-state index is 12.6. The van der Waals surface area contributed by atoms with E-state index in [0.717, 1.165) is 6.42 Å². The molecule has 2 atom stereocenters. The third-order valence-corrected chi connectivity index (χ3v) is 5.06. The fourth-order valence-corrected chi connectivity index (χ4v) is 3.54. The lowest BCUT2D eigenvalue weighted by molar-refractivity contribution is -0.144. The highest BCUT2D eigenvalue weighted by atomic mass is 32.2. The first kappa shape index (κ1) is 20.3. The molecule has 2 amide bonds. The smallest absolute Gasteiger partial charge is 0.323 e. The van der Waals surface area contributed by atoms with E-state index in [4.69, 9.17) is 15.2 Å². The average Bonchev–Trinajstić information content (AvgIpc) is 2.92. The van der Waals surface area contributed by atoms with Gasteiger partial charge in [-0.1, -0.05) is 6.92 Å². The minimum Gasteiger partial charge on any atom is -0.494 e. The van der Waals surface area contributed by atoms with E-state index in [2.05, 4.69) is 0 Å². The summed E-state index contributed by atoms with van der Waals surface area (Å²) in [6.07, 6.45) is 0.991. The van der Waals surface area contributed by atoms with Crippen molar-refractivity contribution in [3.8, 4) is 5.75 Å². The summed E-state index contributed by atoms with van der Waals surface area (Å²) in [5, 5.41) is -0.543. The van der Waals surface area contributed by atoms with E-state index in [1.165, 1.54) is 16.7 Å². The highest BCUT2D eigenvalue weighted by molar-refractivity contribution is 8.00. The maximum absolute atomic E-state index is 12.6. The summed E-state index contributed by atoms with van der Waals surface area (Å²) in [6, 6.07) is 6.05. The van der Waals surface area contributed by atoms with Gasteiger partial charge in [-0.2, -0.15) is 0 Å². The molecule has 1 aliphatic rings. The lowest BCUT2D eigenvalue weighted by Crippen LogP contribution is -2.36. The van der Waals surface area contributed by atoms with Gasteiger partial charge < -0.3 is 15.2 Å². The molecule has 1 heterocycles. The summed E-state index contributed by atoms with van der Waals surface area (Å²) < 4.78 is 10.3. The van der Waals surface area contributed by atoms with Crippen LogP contribution in [0.3, 0.4) is 0 Å². The number of amides is 2. The third-order valence-electron chi connectivity index (χ3n) is 3.74. The molecule has 1 aromatic carbocycles. The monoisotopic (exact) mass is 380 g/mol. The Bertz CT molecular complexity index is 649. The summed E-state index contributed by atoms with van der Waals surface area (Å²) in [5.74, 6) is -0.143. The minimum atomic E-state index is -0.813. The number of imide groups is 1. The third kappa shape index (κ3) is 4.98. The molecule has 1 aliphatic heterocycles. The number of esters is 1. The van der Waals surface area contributed by atoms with Crippen LogP contribution < -0.4 is 15.4 Å². The molecule has 7 nitrogen and oxygen atoms in total. The number of hydrogen-bond donors (Lipinski definition) is 1. The average molecular weight is 380 g/mol. The molecule has 8 heteroatoms. The number of nitrogens with two attached hydrogens (primary N) is 1. The van der Waals surface area contributed by atoms with Crippen molar-refractivity contribution in [2.24, 2.45) is 5.73 Å². The van der Waals surface area contributed by atoms with Crippen molar-refractivity contribution in [3.63, 3.8) is 0 Å². The van der Waals surface area contributed by atoms with Gasteiger partial charge in [0.1, 0.15) is 11.8 Å². The molecule has 142 valence electrons. The van der Waals surface area contributed by atoms with Crippen LogP contribution in [0.2, 0.25) is 0 Å². The summed E-state index contributed by atoms with van der Waals surface area (Å²) in [7, 11) is 0. The molecule has 26 heavy (non-hydrogen) atoms. The quantitative estimate of drug-likeness (QED) is 0.514. The van der Waals surface area contributed by atoms with E-state index in [0.29, 0.717) is 18.0 Å². The van der Waals surface area contributed by atoms with Crippen LogP contribution in [0.1, 0.15) is 26.7 Å². The van der Waals surface area contributed by atoms with Crippen molar-refractivity contribution in [2.75, 3.05) is 23.9 Å². The SMILES string of the molecule is CCCOc1ccc(N2C(=O)C[C@H](SC[C@H](N)C(=O)OCC)C2=O)cc1. The van der Waals surface area contributed by atoms with Crippen molar-refractivity contribution >= 4 is 35.2 Å². The lowest BCUT2D eigenvalue weighted by atomic mass is 10.3. The van der Waals surface area contributed by atoms with Gasteiger partial charge in [0.2, 0.25) is 11.8 Å². The van der Waals surface area contributed by atoms with Crippen LogP contribution >= 0.6 is 11.8 Å². The molecular weight excluding hydrogens is 356 g/mol. The van der Waals surface area contributed by atoms with Gasteiger partial charge in [-0.15, -0.1) is 11.8 Å². The molecule has 1 saturated heterocycles. The van der Waals surface area contributed by atoms with E-state index in [-0.39, 0.29) is 30.6 Å². The van der Waals surface area contributed by atoms with Crippen molar-refractivity contribution in [1.29, 1.82) is 0 Å². The van der Waals surface area contributed by atoms with E-state index in [1.54, 1.807) is 31.2 Å². The molecular formula is C18H24N2O5S. The summed E-state index contributed by atoms with van der Waals surface area (Å²) in [5.41, 5.74) is 6.26.